The lowest BCUT2D eigenvalue weighted by molar-refractivity contribution is 0.833. The minimum absolute atomic E-state index is 0.126. The van der Waals surface area contributed by atoms with E-state index in [2.05, 4.69) is 27.2 Å². The summed E-state index contributed by atoms with van der Waals surface area (Å²) in [5.41, 5.74) is 2.47. The molecule has 5 heteroatoms. The molecule has 0 spiro atoms. The molecular weight excluding hydrogens is 280 g/mol. The van der Waals surface area contributed by atoms with Crippen LogP contribution in [0.5, 0.6) is 0 Å². The van der Waals surface area contributed by atoms with Gasteiger partial charge < -0.3 is 5.32 Å². The van der Waals surface area contributed by atoms with E-state index >= 15 is 0 Å². The number of aromatic nitrogens is 3. The SMILES string of the molecule is C[C@@H](Nc1ncnc2sc3c(c12)CCC3)c1ccccn1. The van der Waals surface area contributed by atoms with E-state index in [4.69, 9.17) is 0 Å². The lowest BCUT2D eigenvalue weighted by Gasteiger charge is -2.14. The minimum atomic E-state index is 0.126. The number of pyridine rings is 1. The molecule has 0 amide bonds. The van der Waals surface area contributed by atoms with Gasteiger partial charge in [0, 0.05) is 11.1 Å². The number of rotatable bonds is 3. The highest BCUT2D eigenvalue weighted by Crippen LogP contribution is 2.39. The fraction of sp³-hybridized carbons (Fsp3) is 0.312. The molecule has 0 fully saturated rings. The molecule has 0 radical (unpaired) electrons. The van der Waals surface area contributed by atoms with Gasteiger partial charge in [-0.3, -0.25) is 4.98 Å². The van der Waals surface area contributed by atoms with Gasteiger partial charge in [0.05, 0.1) is 17.1 Å². The average Bonchev–Trinajstić information content (AvgIpc) is 3.09. The van der Waals surface area contributed by atoms with Crippen molar-refractivity contribution >= 4 is 27.4 Å². The smallest absolute Gasteiger partial charge is 0.138 e. The molecule has 3 heterocycles. The number of nitrogens with zero attached hydrogens (tertiary/aromatic N) is 3. The van der Waals surface area contributed by atoms with Crippen LogP contribution in [-0.4, -0.2) is 15.0 Å². The maximum Gasteiger partial charge on any atom is 0.138 e. The minimum Gasteiger partial charge on any atom is -0.361 e. The third-order valence-electron chi connectivity index (χ3n) is 3.99. The van der Waals surface area contributed by atoms with E-state index in [1.165, 1.54) is 28.7 Å². The van der Waals surface area contributed by atoms with Gasteiger partial charge in [0.1, 0.15) is 17.0 Å². The average molecular weight is 296 g/mol. The van der Waals surface area contributed by atoms with Crippen molar-refractivity contribution in [2.45, 2.75) is 32.2 Å². The first kappa shape index (κ1) is 12.7. The predicted molar refractivity (Wildman–Crippen MR) is 85.7 cm³/mol. The first-order valence-electron chi connectivity index (χ1n) is 7.25. The molecule has 1 atom stereocenters. The standard InChI is InChI=1S/C16H16N4S/c1-10(12-6-2-3-8-17-12)20-15-14-11-5-4-7-13(11)21-16(14)19-9-18-15/h2-3,6,8-10H,4-5,7H2,1H3,(H,18,19,20)/t10-/m1/s1. The van der Waals surface area contributed by atoms with Crippen LogP contribution in [0.1, 0.15) is 35.5 Å². The Morgan fingerprint density at radius 3 is 3.00 bits per heavy atom. The molecule has 0 aliphatic heterocycles. The zero-order valence-electron chi connectivity index (χ0n) is 11.8. The summed E-state index contributed by atoms with van der Waals surface area (Å²) in [6.07, 6.45) is 7.06. The first-order chi connectivity index (χ1) is 10.3. The Labute approximate surface area is 127 Å². The third-order valence-corrected chi connectivity index (χ3v) is 5.19. The van der Waals surface area contributed by atoms with E-state index in [0.717, 1.165) is 22.8 Å². The quantitative estimate of drug-likeness (QED) is 0.799. The molecule has 1 N–H and O–H groups in total. The van der Waals surface area contributed by atoms with Crippen LogP contribution in [-0.2, 0) is 12.8 Å². The molecule has 0 saturated carbocycles. The van der Waals surface area contributed by atoms with Gasteiger partial charge in [-0.15, -0.1) is 11.3 Å². The van der Waals surface area contributed by atoms with Gasteiger partial charge in [-0.1, -0.05) is 6.07 Å². The molecule has 1 aliphatic rings. The van der Waals surface area contributed by atoms with E-state index in [1.807, 2.05) is 35.7 Å². The summed E-state index contributed by atoms with van der Waals surface area (Å²) in [5, 5.41) is 4.73. The Morgan fingerprint density at radius 2 is 2.14 bits per heavy atom. The lowest BCUT2D eigenvalue weighted by Crippen LogP contribution is -2.10. The van der Waals surface area contributed by atoms with Crippen LogP contribution in [0.4, 0.5) is 5.82 Å². The third kappa shape index (κ3) is 2.17. The van der Waals surface area contributed by atoms with Gasteiger partial charge in [0.25, 0.3) is 0 Å². The Kier molecular flexibility index (Phi) is 3.07. The van der Waals surface area contributed by atoms with Crippen molar-refractivity contribution in [1.29, 1.82) is 0 Å². The van der Waals surface area contributed by atoms with Crippen LogP contribution in [0.15, 0.2) is 30.7 Å². The van der Waals surface area contributed by atoms with Gasteiger partial charge in [0.15, 0.2) is 0 Å². The second kappa shape index (κ2) is 5.07. The molecular formula is C16H16N4S. The molecule has 3 aromatic heterocycles. The Morgan fingerprint density at radius 1 is 1.19 bits per heavy atom. The Hall–Kier alpha value is -2.01. The highest BCUT2D eigenvalue weighted by Gasteiger charge is 2.21. The normalized spacial score (nSPS) is 15.1. The van der Waals surface area contributed by atoms with Crippen molar-refractivity contribution in [3.05, 3.63) is 46.9 Å². The molecule has 106 valence electrons. The van der Waals surface area contributed by atoms with Crippen molar-refractivity contribution in [3.8, 4) is 0 Å². The van der Waals surface area contributed by atoms with Crippen molar-refractivity contribution in [3.63, 3.8) is 0 Å². The molecule has 0 unspecified atom stereocenters. The van der Waals surface area contributed by atoms with Crippen LogP contribution < -0.4 is 5.32 Å². The summed E-state index contributed by atoms with van der Waals surface area (Å²) in [4.78, 5) is 15.9. The maximum absolute atomic E-state index is 4.48. The summed E-state index contributed by atoms with van der Waals surface area (Å²) in [6, 6.07) is 6.11. The molecule has 4 rings (SSSR count). The highest BCUT2D eigenvalue weighted by atomic mass is 32.1. The van der Waals surface area contributed by atoms with Crippen LogP contribution in [0, 0.1) is 0 Å². The second-order valence-corrected chi connectivity index (χ2v) is 6.46. The van der Waals surface area contributed by atoms with Crippen molar-refractivity contribution in [1.82, 2.24) is 15.0 Å². The van der Waals surface area contributed by atoms with Crippen LogP contribution in [0.3, 0.4) is 0 Å². The molecule has 21 heavy (non-hydrogen) atoms. The number of aryl methyl sites for hydroxylation is 2. The molecule has 4 nitrogen and oxygen atoms in total. The molecule has 3 aromatic rings. The van der Waals surface area contributed by atoms with Crippen molar-refractivity contribution < 1.29 is 0 Å². The van der Waals surface area contributed by atoms with E-state index < -0.39 is 0 Å². The molecule has 1 aliphatic carbocycles. The van der Waals surface area contributed by atoms with E-state index in [9.17, 15) is 0 Å². The largest absolute Gasteiger partial charge is 0.361 e. The van der Waals surface area contributed by atoms with E-state index in [1.54, 1.807) is 6.33 Å². The van der Waals surface area contributed by atoms with E-state index in [-0.39, 0.29) is 6.04 Å². The summed E-state index contributed by atoms with van der Waals surface area (Å²) in [7, 11) is 0. The number of hydrogen-bond donors (Lipinski definition) is 1. The van der Waals surface area contributed by atoms with Crippen LogP contribution in [0.2, 0.25) is 0 Å². The second-order valence-electron chi connectivity index (χ2n) is 5.38. The monoisotopic (exact) mass is 296 g/mol. The summed E-state index contributed by atoms with van der Waals surface area (Å²) in [6.45, 7) is 2.11. The lowest BCUT2D eigenvalue weighted by atomic mass is 10.1. The summed E-state index contributed by atoms with van der Waals surface area (Å²) in [5.74, 6) is 0.942. The van der Waals surface area contributed by atoms with Crippen molar-refractivity contribution in [2.24, 2.45) is 0 Å². The zero-order valence-corrected chi connectivity index (χ0v) is 12.7. The fourth-order valence-corrected chi connectivity index (χ4v) is 4.18. The highest BCUT2D eigenvalue weighted by molar-refractivity contribution is 7.19. The van der Waals surface area contributed by atoms with Gasteiger partial charge in [0.2, 0.25) is 0 Å². The Balaban J connectivity index is 1.74. The molecule has 0 saturated heterocycles. The summed E-state index contributed by atoms with van der Waals surface area (Å²) < 4.78 is 0. The number of anilines is 1. The molecule has 0 aromatic carbocycles. The summed E-state index contributed by atoms with van der Waals surface area (Å²) >= 11 is 1.82. The maximum atomic E-state index is 4.48. The van der Waals surface area contributed by atoms with E-state index in [0.29, 0.717) is 0 Å². The van der Waals surface area contributed by atoms with Crippen LogP contribution >= 0.6 is 11.3 Å². The fourth-order valence-electron chi connectivity index (χ4n) is 2.95. The van der Waals surface area contributed by atoms with Gasteiger partial charge in [-0.2, -0.15) is 0 Å². The zero-order chi connectivity index (χ0) is 14.2. The molecule has 0 bridgehead atoms. The van der Waals surface area contributed by atoms with Crippen molar-refractivity contribution in [2.75, 3.05) is 5.32 Å². The number of fused-ring (bicyclic) bond motifs is 3. The van der Waals surface area contributed by atoms with Gasteiger partial charge in [-0.25, -0.2) is 9.97 Å². The number of nitrogens with one attached hydrogen (secondary N) is 1. The van der Waals surface area contributed by atoms with Crippen LogP contribution in [0.25, 0.3) is 10.2 Å². The number of hydrogen-bond acceptors (Lipinski definition) is 5. The predicted octanol–water partition coefficient (Wildman–Crippen LogP) is 3.75. The topological polar surface area (TPSA) is 50.7 Å². The van der Waals surface area contributed by atoms with Gasteiger partial charge in [-0.05, 0) is 43.9 Å². The van der Waals surface area contributed by atoms with Gasteiger partial charge >= 0.3 is 0 Å². The number of thiophene rings is 1. The first-order valence-corrected chi connectivity index (χ1v) is 8.07. The Bertz CT molecular complexity index is 782.